The molecule has 1 aliphatic heterocycles. The van der Waals surface area contributed by atoms with Gasteiger partial charge in [0.2, 0.25) is 5.91 Å². The minimum atomic E-state index is 0.213. The fourth-order valence-electron chi connectivity index (χ4n) is 3.26. The Hall–Kier alpha value is -2.43. The second-order valence-electron chi connectivity index (χ2n) is 6.22. The van der Waals surface area contributed by atoms with Crippen LogP contribution in [0.4, 0.5) is 0 Å². The van der Waals surface area contributed by atoms with E-state index in [9.17, 15) is 4.79 Å². The molecule has 1 fully saturated rings. The number of piperidine rings is 1. The van der Waals surface area contributed by atoms with E-state index in [2.05, 4.69) is 14.5 Å². The Morgan fingerprint density at radius 1 is 1.33 bits per heavy atom. The van der Waals surface area contributed by atoms with Gasteiger partial charge in [0, 0.05) is 56.8 Å². The molecule has 0 aliphatic carbocycles. The van der Waals surface area contributed by atoms with Gasteiger partial charge in [-0.2, -0.15) is 0 Å². The van der Waals surface area contributed by atoms with Gasteiger partial charge in [0.1, 0.15) is 5.82 Å². The van der Waals surface area contributed by atoms with Crippen molar-refractivity contribution in [2.75, 3.05) is 13.1 Å². The summed E-state index contributed by atoms with van der Waals surface area (Å²) in [4.78, 5) is 22.9. The zero-order valence-electron chi connectivity index (χ0n) is 14.1. The number of hydrogen-bond acceptors (Lipinski definition) is 3. The summed E-state index contributed by atoms with van der Waals surface area (Å²) >= 11 is 0. The predicted octanol–water partition coefficient (Wildman–Crippen LogP) is 3.00. The van der Waals surface area contributed by atoms with Crippen molar-refractivity contribution in [2.24, 2.45) is 0 Å². The second-order valence-corrected chi connectivity index (χ2v) is 6.22. The lowest BCUT2D eigenvalue weighted by Gasteiger charge is -2.32. The fraction of sp³-hybridized carbons (Fsp3) is 0.421. The molecule has 1 amide bonds. The van der Waals surface area contributed by atoms with E-state index >= 15 is 0 Å². The first-order valence-electron chi connectivity index (χ1n) is 8.56. The molecule has 24 heavy (non-hydrogen) atoms. The SMILES string of the molecule is C/C=C/CC(=O)N1CCCC(c2nccn2Cc2ccncc2)C1. The van der Waals surface area contributed by atoms with Gasteiger partial charge in [-0.15, -0.1) is 0 Å². The zero-order valence-corrected chi connectivity index (χ0v) is 14.1. The number of allylic oxidation sites excluding steroid dienone is 1. The summed E-state index contributed by atoms with van der Waals surface area (Å²) in [7, 11) is 0. The van der Waals surface area contributed by atoms with Crippen LogP contribution in [0.1, 0.15) is 43.5 Å². The smallest absolute Gasteiger partial charge is 0.226 e. The molecular weight excluding hydrogens is 300 g/mol. The maximum Gasteiger partial charge on any atom is 0.226 e. The van der Waals surface area contributed by atoms with Crippen LogP contribution in [0.2, 0.25) is 0 Å². The second kappa shape index (κ2) is 7.90. The third kappa shape index (κ3) is 3.91. The van der Waals surface area contributed by atoms with Crippen LogP contribution in [0, 0.1) is 0 Å². The number of imidazole rings is 1. The van der Waals surface area contributed by atoms with Crippen molar-refractivity contribution in [3.8, 4) is 0 Å². The van der Waals surface area contributed by atoms with Crippen molar-refractivity contribution in [1.29, 1.82) is 0 Å². The molecule has 0 saturated carbocycles. The molecule has 3 rings (SSSR count). The molecule has 0 N–H and O–H groups in total. The third-order valence-electron chi connectivity index (χ3n) is 4.52. The Kier molecular flexibility index (Phi) is 5.41. The lowest BCUT2D eigenvalue weighted by molar-refractivity contribution is -0.131. The Morgan fingerprint density at radius 2 is 2.17 bits per heavy atom. The van der Waals surface area contributed by atoms with Gasteiger partial charge in [-0.25, -0.2) is 4.98 Å². The number of carbonyl (C=O) groups excluding carboxylic acids is 1. The maximum absolute atomic E-state index is 12.3. The van der Waals surface area contributed by atoms with E-state index in [4.69, 9.17) is 0 Å². The fourth-order valence-corrected chi connectivity index (χ4v) is 3.26. The van der Waals surface area contributed by atoms with Gasteiger partial charge in [0.05, 0.1) is 0 Å². The van der Waals surface area contributed by atoms with Crippen molar-refractivity contribution >= 4 is 5.91 Å². The molecule has 0 spiro atoms. The van der Waals surface area contributed by atoms with Gasteiger partial charge in [0.15, 0.2) is 0 Å². The Bertz CT molecular complexity index is 692. The van der Waals surface area contributed by atoms with E-state index in [0.717, 1.165) is 38.3 Å². The van der Waals surface area contributed by atoms with E-state index in [0.29, 0.717) is 12.3 Å². The largest absolute Gasteiger partial charge is 0.342 e. The highest BCUT2D eigenvalue weighted by Gasteiger charge is 2.26. The number of hydrogen-bond donors (Lipinski definition) is 0. The summed E-state index contributed by atoms with van der Waals surface area (Å²) in [5, 5.41) is 0. The molecule has 0 aromatic carbocycles. The minimum absolute atomic E-state index is 0.213. The van der Waals surface area contributed by atoms with Crippen molar-refractivity contribution in [3.63, 3.8) is 0 Å². The van der Waals surface area contributed by atoms with Crippen LogP contribution in [0.5, 0.6) is 0 Å². The Morgan fingerprint density at radius 3 is 2.96 bits per heavy atom. The van der Waals surface area contributed by atoms with Crippen LogP contribution in [-0.2, 0) is 11.3 Å². The van der Waals surface area contributed by atoms with Crippen molar-refractivity contribution in [3.05, 3.63) is 60.5 Å². The van der Waals surface area contributed by atoms with E-state index in [1.165, 1.54) is 5.56 Å². The lowest BCUT2D eigenvalue weighted by atomic mass is 9.96. The third-order valence-corrected chi connectivity index (χ3v) is 4.52. The molecular formula is C19H24N4O. The van der Waals surface area contributed by atoms with Gasteiger partial charge in [-0.1, -0.05) is 12.2 Å². The van der Waals surface area contributed by atoms with Gasteiger partial charge >= 0.3 is 0 Å². The molecule has 0 bridgehead atoms. The minimum Gasteiger partial charge on any atom is -0.342 e. The zero-order chi connectivity index (χ0) is 16.8. The first kappa shape index (κ1) is 16.4. The standard InChI is InChI=1S/C19H24N4O/c1-2-3-6-18(24)22-12-4-5-17(15-22)19-21-11-13-23(19)14-16-7-9-20-10-8-16/h2-3,7-11,13,17H,4-6,12,14-15H2,1H3/b3-2+. The number of carbonyl (C=O) groups is 1. The lowest BCUT2D eigenvalue weighted by Crippen LogP contribution is -2.39. The summed E-state index contributed by atoms with van der Waals surface area (Å²) in [6.07, 6.45) is 14.0. The van der Waals surface area contributed by atoms with Gasteiger partial charge < -0.3 is 9.47 Å². The Balaban J connectivity index is 1.70. The molecule has 2 aromatic rings. The molecule has 1 unspecified atom stereocenters. The summed E-state index contributed by atoms with van der Waals surface area (Å²) in [6, 6.07) is 4.05. The Labute approximate surface area is 143 Å². The number of aromatic nitrogens is 3. The molecule has 1 aliphatic rings. The molecule has 3 heterocycles. The number of amides is 1. The van der Waals surface area contributed by atoms with Crippen molar-refractivity contribution in [1.82, 2.24) is 19.4 Å². The molecule has 5 heteroatoms. The molecule has 1 atom stereocenters. The number of nitrogens with zero attached hydrogens (tertiary/aromatic N) is 4. The first-order chi connectivity index (χ1) is 11.8. The van der Waals surface area contributed by atoms with E-state index in [-0.39, 0.29) is 5.91 Å². The molecule has 2 aromatic heterocycles. The number of pyridine rings is 1. The topological polar surface area (TPSA) is 51.0 Å². The summed E-state index contributed by atoms with van der Waals surface area (Å²) in [5.74, 6) is 1.60. The molecule has 126 valence electrons. The van der Waals surface area contributed by atoms with Gasteiger partial charge in [-0.05, 0) is 37.5 Å². The highest BCUT2D eigenvalue weighted by Crippen LogP contribution is 2.26. The van der Waals surface area contributed by atoms with Crippen molar-refractivity contribution in [2.45, 2.75) is 38.6 Å². The quantitative estimate of drug-likeness (QED) is 0.795. The van der Waals surface area contributed by atoms with E-state index < -0.39 is 0 Å². The number of rotatable bonds is 5. The van der Waals surface area contributed by atoms with Crippen LogP contribution < -0.4 is 0 Å². The summed E-state index contributed by atoms with van der Waals surface area (Å²) < 4.78 is 2.19. The van der Waals surface area contributed by atoms with E-state index in [1.807, 2.05) is 60.9 Å². The first-order valence-corrected chi connectivity index (χ1v) is 8.56. The van der Waals surface area contributed by atoms with Crippen LogP contribution in [0.3, 0.4) is 0 Å². The van der Waals surface area contributed by atoms with Crippen LogP contribution in [-0.4, -0.2) is 38.4 Å². The maximum atomic E-state index is 12.3. The monoisotopic (exact) mass is 324 g/mol. The average Bonchev–Trinajstić information content (AvgIpc) is 3.09. The van der Waals surface area contributed by atoms with Crippen LogP contribution in [0.25, 0.3) is 0 Å². The normalized spacial score (nSPS) is 18.2. The van der Waals surface area contributed by atoms with Crippen LogP contribution in [0.15, 0.2) is 49.1 Å². The summed E-state index contributed by atoms with van der Waals surface area (Å²) in [5.41, 5.74) is 1.21. The van der Waals surface area contributed by atoms with Gasteiger partial charge in [-0.3, -0.25) is 9.78 Å². The predicted molar refractivity (Wildman–Crippen MR) is 93.6 cm³/mol. The summed E-state index contributed by atoms with van der Waals surface area (Å²) in [6.45, 7) is 4.37. The molecule has 5 nitrogen and oxygen atoms in total. The average molecular weight is 324 g/mol. The highest BCUT2D eigenvalue weighted by molar-refractivity contribution is 5.77. The molecule has 0 radical (unpaired) electrons. The highest BCUT2D eigenvalue weighted by atomic mass is 16.2. The van der Waals surface area contributed by atoms with Gasteiger partial charge in [0.25, 0.3) is 0 Å². The number of likely N-dealkylation sites (tertiary alicyclic amines) is 1. The van der Waals surface area contributed by atoms with Crippen molar-refractivity contribution < 1.29 is 4.79 Å². The van der Waals surface area contributed by atoms with Crippen LogP contribution >= 0.6 is 0 Å². The molecule has 1 saturated heterocycles. The van der Waals surface area contributed by atoms with E-state index in [1.54, 1.807) is 0 Å².